The SMILES string of the molecule is Cc1cc2oc(=O)cc(C)c2cc1OCC(=O)c1ccccc1. The fraction of sp³-hybridized carbons (Fsp3) is 0.158. The first-order valence-corrected chi connectivity index (χ1v) is 7.31. The molecule has 2 aromatic carbocycles. The maximum atomic E-state index is 12.1. The third-order valence-electron chi connectivity index (χ3n) is 3.70. The molecule has 23 heavy (non-hydrogen) atoms. The van der Waals surface area contributed by atoms with Crippen LogP contribution in [-0.2, 0) is 0 Å². The molecule has 4 heteroatoms. The van der Waals surface area contributed by atoms with Crippen molar-refractivity contribution >= 4 is 16.8 Å². The lowest BCUT2D eigenvalue weighted by molar-refractivity contribution is 0.0921. The largest absolute Gasteiger partial charge is 0.485 e. The second-order valence-corrected chi connectivity index (χ2v) is 5.44. The summed E-state index contributed by atoms with van der Waals surface area (Å²) >= 11 is 0. The second kappa shape index (κ2) is 6.08. The van der Waals surface area contributed by atoms with Gasteiger partial charge in [-0.1, -0.05) is 30.3 Å². The molecule has 3 aromatic rings. The van der Waals surface area contributed by atoms with E-state index in [9.17, 15) is 9.59 Å². The Labute approximate surface area is 133 Å². The number of ketones is 1. The monoisotopic (exact) mass is 308 g/mol. The molecule has 0 saturated carbocycles. The Balaban J connectivity index is 1.87. The van der Waals surface area contributed by atoms with E-state index in [-0.39, 0.29) is 18.0 Å². The number of rotatable bonds is 4. The highest BCUT2D eigenvalue weighted by Crippen LogP contribution is 2.26. The van der Waals surface area contributed by atoms with Gasteiger partial charge in [-0.3, -0.25) is 4.79 Å². The molecular formula is C19H16O4. The van der Waals surface area contributed by atoms with E-state index in [0.717, 1.165) is 16.5 Å². The average Bonchev–Trinajstić information content (AvgIpc) is 2.53. The first-order valence-electron chi connectivity index (χ1n) is 7.31. The molecule has 0 fully saturated rings. The Morgan fingerprint density at radius 1 is 1.04 bits per heavy atom. The minimum atomic E-state index is -0.373. The fourth-order valence-corrected chi connectivity index (χ4v) is 2.45. The Hall–Kier alpha value is -2.88. The van der Waals surface area contributed by atoms with Gasteiger partial charge in [0, 0.05) is 17.0 Å². The topological polar surface area (TPSA) is 56.5 Å². The zero-order chi connectivity index (χ0) is 16.4. The maximum Gasteiger partial charge on any atom is 0.336 e. The van der Waals surface area contributed by atoms with E-state index in [1.807, 2.05) is 32.0 Å². The second-order valence-electron chi connectivity index (χ2n) is 5.44. The summed E-state index contributed by atoms with van der Waals surface area (Å²) in [7, 11) is 0. The van der Waals surface area contributed by atoms with Crippen LogP contribution in [0.1, 0.15) is 21.5 Å². The van der Waals surface area contributed by atoms with Crippen LogP contribution in [0.3, 0.4) is 0 Å². The van der Waals surface area contributed by atoms with Crippen LogP contribution in [0.25, 0.3) is 11.0 Å². The van der Waals surface area contributed by atoms with Crippen molar-refractivity contribution in [3.63, 3.8) is 0 Å². The highest BCUT2D eigenvalue weighted by molar-refractivity contribution is 5.97. The molecule has 1 heterocycles. The van der Waals surface area contributed by atoms with Crippen LogP contribution < -0.4 is 10.4 Å². The third-order valence-corrected chi connectivity index (χ3v) is 3.70. The van der Waals surface area contributed by atoms with Crippen molar-refractivity contribution in [1.29, 1.82) is 0 Å². The summed E-state index contributed by atoms with van der Waals surface area (Å²) in [6, 6.07) is 14.0. The van der Waals surface area contributed by atoms with Crippen LogP contribution >= 0.6 is 0 Å². The number of benzene rings is 2. The highest BCUT2D eigenvalue weighted by atomic mass is 16.5. The van der Waals surface area contributed by atoms with Crippen molar-refractivity contribution < 1.29 is 13.9 Å². The van der Waals surface area contributed by atoms with E-state index in [1.54, 1.807) is 24.3 Å². The molecule has 4 nitrogen and oxygen atoms in total. The summed E-state index contributed by atoms with van der Waals surface area (Å²) in [5, 5.41) is 0.803. The van der Waals surface area contributed by atoms with Crippen LogP contribution in [0.15, 0.2) is 57.7 Å². The lowest BCUT2D eigenvalue weighted by Crippen LogP contribution is -2.12. The molecule has 1 aromatic heterocycles. The molecule has 0 amide bonds. The predicted octanol–water partition coefficient (Wildman–Crippen LogP) is 3.67. The molecule has 0 radical (unpaired) electrons. The molecule has 0 aliphatic heterocycles. The lowest BCUT2D eigenvalue weighted by atomic mass is 10.1. The summed E-state index contributed by atoms with van der Waals surface area (Å²) in [5.41, 5.74) is 2.40. The normalized spacial score (nSPS) is 10.7. The van der Waals surface area contributed by atoms with E-state index in [2.05, 4.69) is 0 Å². The van der Waals surface area contributed by atoms with Crippen molar-refractivity contribution in [3.8, 4) is 5.75 Å². The molecule has 0 saturated heterocycles. The van der Waals surface area contributed by atoms with Gasteiger partial charge >= 0.3 is 5.63 Å². The number of hydrogen-bond donors (Lipinski definition) is 0. The van der Waals surface area contributed by atoms with Crippen molar-refractivity contribution in [3.05, 3.63) is 75.6 Å². The van der Waals surface area contributed by atoms with E-state index >= 15 is 0 Å². The molecule has 116 valence electrons. The molecule has 0 aliphatic rings. The maximum absolute atomic E-state index is 12.1. The van der Waals surface area contributed by atoms with Gasteiger partial charge in [0.2, 0.25) is 0 Å². The van der Waals surface area contributed by atoms with Crippen LogP contribution in [0.5, 0.6) is 5.75 Å². The van der Waals surface area contributed by atoms with Crippen LogP contribution in [0.4, 0.5) is 0 Å². The van der Waals surface area contributed by atoms with Gasteiger partial charge in [0.1, 0.15) is 11.3 Å². The first-order chi connectivity index (χ1) is 11.0. The average molecular weight is 308 g/mol. The standard InChI is InChI=1S/C19H16O4/c1-12-9-19(21)23-18-8-13(2)17(10-15(12)18)22-11-16(20)14-6-4-3-5-7-14/h3-10H,11H2,1-2H3. The van der Waals surface area contributed by atoms with Gasteiger partial charge in [-0.25, -0.2) is 4.79 Å². The zero-order valence-corrected chi connectivity index (χ0v) is 13.0. The summed E-state index contributed by atoms with van der Waals surface area (Å²) in [4.78, 5) is 23.5. The zero-order valence-electron chi connectivity index (χ0n) is 13.0. The molecule has 0 bridgehead atoms. The number of carbonyl (C=O) groups excluding carboxylic acids is 1. The van der Waals surface area contributed by atoms with Gasteiger partial charge in [-0.05, 0) is 37.1 Å². The van der Waals surface area contributed by atoms with E-state index in [4.69, 9.17) is 9.15 Å². The van der Waals surface area contributed by atoms with Gasteiger partial charge in [0.25, 0.3) is 0 Å². The van der Waals surface area contributed by atoms with Crippen molar-refractivity contribution in [1.82, 2.24) is 0 Å². The minimum Gasteiger partial charge on any atom is -0.485 e. The van der Waals surface area contributed by atoms with Gasteiger partial charge < -0.3 is 9.15 Å². The summed E-state index contributed by atoms with van der Waals surface area (Å²) in [6.07, 6.45) is 0. The van der Waals surface area contributed by atoms with Crippen LogP contribution in [0, 0.1) is 13.8 Å². The van der Waals surface area contributed by atoms with Crippen LogP contribution in [0.2, 0.25) is 0 Å². The van der Waals surface area contributed by atoms with Crippen molar-refractivity contribution in [2.75, 3.05) is 6.61 Å². The summed E-state index contributed by atoms with van der Waals surface area (Å²) in [5.74, 6) is 0.528. The molecular weight excluding hydrogens is 292 g/mol. The van der Waals surface area contributed by atoms with Gasteiger partial charge in [-0.15, -0.1) is 0 Å². The summed E-state index contributed by atoms with van der Waals surface area (Å²) in [6.45, 7) is 3.66. The molecule has 0 aliphatic carbocycles. The quantitative estimate of drug-likeness (QED) is 0.545. The molecule has 0 N–H and O–H groups in total. The van der Waals surface area contributed by atoms with Crippen molar-refractivity contribution in [2.24, 2.45) is 0 Å². The summed E-state index contributed by atoms with van der Waals surface area (Å²) < 4.78 is 10.9. The number of aryl methyl sites for hydroxylation is 2. The fourth-order valence-electron chi connectivity index (χ4n) is 2.45. The number of hydrogen-bond acceptors (Lipinski definition) is 4. The van der Waals surface area contributed by atoms with E-state index in [0.29, 0.717) is 16.9 Å². The van der Waals surface area contributed by atoms with Gasteiger partial charge in [0.15, 0.2) is 12.4 Å². The van der Waals surface area contributed by atoms with E-state index in [1.165, 1.54) is 6.07 Å². The Bertz CT molecular complexity index is 923. The smallest absolute Gasteiger partial charge is 0.336 e. The Morgan fingerprint density at radius 3 is 2.52 bits per heavy atom. The van der Waals surface area contributed by atoms with E-state index < -0.39 is 0 Å². The number of ether oxygens (including phenoxy) is 1. The predicted molar refractivity (Wildman–Crippen MR) is 88.2 cm³/mol. The molecule has 0 unspecified atom stereocenters. The Kier molecular flexibility index (Phi) is 3.98. The molecule has 0 atom stereocenters. The Morgan fingerprint density at radius 2 is 1.78 bits per heavy atom. The third kappa shape index (κ3) is 3.16. The molecule has 0 spiro atoms. The highest BCUT2D eigenvalue weighted by Gasteiger charge is 2.10. The molecule has 3 rings (SSSR count). The van der Waals surface area contributed by atoms with Gasteiger partial charge in [0.05, 0.1) is 0 Å². The van der Waals surface area contributed by atoms with Gasteiger partial charge in [-0.2, -0.15) is 0 Å². The lowest BCUT2D eigenvalue weighted by Gasteiger charge is -2.10. The van der Waals surface area contributed by atoms with Crippen LogP contribution in [-0.4, -0.2) is 12.4 Å². The number of carbonyl (C=O) groups is 1. The number of Topliss-reactive ketones (excluding diaryl/α,β-unsaturated/α-hetero) is 1. The first kappa shape index (κ1) is 15.0. The minimum absolute atomic E-state index is 0.0355. The van der Waals surface area contributed by atoms with Crippen molar-refractivity contribution in [2.45, 2.75) is 13.8 Å². The number of fused-ring (bicyclic) bond motifs is 1.